The Morgan fingerprint density at radius 2 is 1.50 bits per heavy atom. The Labute approximate surface area is 207 Å². The number of benzene rings is 3. The molecule has 0 unspecified atom stereocenters. The first-order chi connectivity index (χ1) is 17.3. The third-order valence-corrected chi connectivity index (χ3v) is 6.40. The van der Waals surface area contributed by atoms with Crippen LogP contribution in [-0.2, 0) is 6.18 Å². The number of nitrogens with zero attached hydrogens (tertiary/aromatic N) is 4. The molecular formula is C28H25F3N4O. The number of aromatic nitrogens is 2. The molecule has 184 valence electrons. The SMILES string of the molecule is Cc1ccc(-c2nn(-c3ccccc3)cc2C(=O)N2CCN(c3cccc(C(F)(F)F)c3)CC2)cc1. The van der Waals surface area contributed by atoms with Gasteiger partial charge in [-0.2, -0.15) is 18.3 Å². The maximum absolute atomic E-state index is 13.6. The van der Waals surface area contributed by atoms with Crippen LogP contribution in [0.25, 0.3) is 16.9 Å². The molecule has 0 radical (unpaired) electrons. The Morgan fingerprint density at radius 1 is 0.833 bits per heavy atom. The van der Waals surface area contributed by atoms with Crippen LogP contribution in [0.4, 0.5) is 18.9 Å². The van der Waals surface area contributed by atoms with Crippen molar-refractivity contribution in [3.05, 3.63) is 102 Å². The van der Waals surface area contributed by atoms with Crippen LogP contribution in [0.5, 0.6) is 0 Å². The summed E-state index contributed by atoms with van der Waals surface area (Å²) >= 11 is 0. The minimum absolute atomic E-state index is 0.142. The van der Waals surface area contributed by atoms with Gasteiger partial charge in [0.15, 0.2) is 0 Å². The van der Waals surface area contributed by atoms with Crippen molar-refractivity contribution >= 4 is 11.6 Å². The van der Waals surface area contributed by atoms with Crippen LogP contribution in [0.15, 0.2) is 85.1 Å². The summed E-state index contributed by atoms with van der Waals surface area (Å²) in [5.41, 5.74) is 3.74. The van der Waals surface area contributed by atoms with Crippen molar-refractivity contribution in [1.82, 2.24) is 14.7 Å². The number of rotatable bonds is 4. The van der Waals surface area contributed by atoms with Crippen molar-refractivity contribution in [2.75, 3.05) is 31.1 Å². The van der Waals surface area contributed by atoms with Crippen LogP contribution in [0.3, 0.4) is 0 Å². The second kappa shape index (κ2) is 9.53. The van der Waals surface area contributed by atoms with Crippen LogP contribution < -0.4 is 4.90 Å². The van der Waals surface area contributed by atoms with Gasteiger partial charge in [0, 0.05) is 43.6 Å². The molecule has 0 atom stereocenters. The molecule has 36 heavy (non-hydrogen) atoms. The molecule has 1 aliphatic heterocycles. The minimum atomic E-state index is -4.39. The van der Waals surface area contributed by atoms with E-state index in [1.54, 1.807) is 21.8 Å². The average molecular weight is 491 g/mol. The Hall–Kier alpha value is -4.07. The lowest BCUT2D eigenvalue weighted by molar-refractivity contribution is -0.137. The Bertz CT molecular complexity index is 1360. The Kier molecular flexibility index (Phi) is 6.26. The quantitative estimate of drug-likeness (QED) is 0.362. The maximum atomic E-state index is 13.6. The lowest BCUT2D eigenvalue weighted by atomic mass is 10.1. The standard InChI is InChI=1S/C28H25F3N4O/c1-20-10-12-21(13-11-20)26-25(19-35(32-26)23-7-3-2-4-8-23)27(36)34-16-14-33(15-17-34)24-9-5-6-22(18-24)28(29,30)31/h2-13,18-19H,14-17H2,1H3. The third kappa shape index (κ3) is 4.84. The lowest BCUT2D eigenvalue weighted by Crippen LogP contribution is -2.48. The summed E-state index contributed by atoms with van der Waals surface area (Å²) in [6.07, 6.45) is -2.63. The molecule has 0 spiro atoms. The summed E-state index contributed by atoms with van der Waals surface area (Å²) in [5.74, 6) is -0.142. The van der Waals surface area contributed by atoms with Crippen molar-refractivity contribution in [1.29, 1.82) is 0 Å². The van der Waals surface area contributed by atoms with Crippen molar-refractivity contribution in [3.8, 4) is 16.9 Å². The number of aryl methyl sites for hydroxylation is 1. The number of anilines is 1. The van der Waals surface area contributed by atoms with E-state index in [2.05, 4.69) is 0 Å². The van der Waals surface area contributed by atoms with Gasteiger partial charge in [0.2, 0.25) is 0 Å². The molecule has 1 aromatic heterocycles. The molecule has 1 fully saturated rings. The summed E-state index contributed by atoms with van der Waals surface area (Å²) in [7, 11) is 0. The van der Waals surface area contributed by atoms with Gasteiger partial charge in [0.05, 0.1) is 16.8 Å². The summed E-state index contributed by atoms with van der Waals surface area (Å²) in [5, 5.41) is 4.74. The van der Waals surface area contributed by atoms with Crippen LogP contribution >= 0.6 is 0 Å². The van der Waals surface area contributed by atoms with Crippen LogP contribution in [0.1, 0.15) is 21.5 Å². The highest BCUT2D eigenvalue weighted by molar-refractivity contribution is 6.00. The number of halogens is 3. The third-order valence-electron chi connectivity index (χ3n) is 6.40. The highest BCUT2D eigenvalue weighted by atomic mass is 19.4. The van der Waals surface area contributed by atoms with Gasteiger partial charge in [-0.3, -0.25) is 4.79 Å². The van der Waals surface area contributed by atoms with Crippen LogP contribution in [-0.4, -0.2) is 46.8 Å². The van der Waals surface area contributed by atoms with E-state index in [-0.39, 0.29) is 5.91 Å². The van der Waals surface area contributed by atoms with Gasteiger partial charge in [0.25, 0.3) is 5.91 Å². The predicted octanol–water partition coefficient (Wildman–Crippen LogP) is 5.83. The Morgan fingerprint density at radius 3 is 2.17 bits per heavy atom. The fourth-order valence-electron chi connectivity index (χ4n) is 4.39. The summed E-state index contributed by atoms with van der Waals surface area (Å²) in [6.45, 7) is 3.69. The highest BCUT2D eigenvalue weighted by Crippen LogP contribution is 2.32. The van der Waals surface area contributed by atoms with Gasteiger partial charge in [-0.15, -0.1) is 0 Å². The van der Waals surface area contributed by atoms with E-state index in [4.69, 9.17) is 5.10 Å². The predicted molar refractivity (Wildman–Crippen MR) is 133 cm³/mol. The largest absolute Gasteiger partial charge is 0.416 e. The first-order valence-electron chi connectivity index (χ1n) is 11.7. The number of carbonyl (C=O) groups excluding carboxylic acids is 1. The zero-order chi connectivity index (χ0) is 25.3. The number of alkyl halides is 3. The summed E-state index contributed by atoms with van der Waals surface area (Å²) in [6, 6.07) is 22.8. The molecule has 1 aliphatic rings. The number of amides is 1. The molecule has 2 heterocycles. The van der Waals surface area contributed by atoms with Crippen molar-refractivity contribution in [2.24, 2.45) is 0 Å². The van der Waals surface area contributed by atoms with E-state index in [1.807, 2.05) is 66.4 Å². The van der Waals surface area contributed by atoms with E-state index in [0.29, 0.717) is 43.1 Å². The first kappa shape index (κ1) is 23.7. The van der Waals surface area contributed by atoms with Gasteiger partial charge in [0.1, 0.15) is 5.69 Å². The highest BCUT2D eigenvalue weighted by Gasteiger charge is 2.32. The molecule has 5 nitrogen and oxygen atoms in total. The fourth-order valence-corrected chi connectivity index (χ4v) is 4.39. The van der Waals surface area contributed by atoms with Gasteiger partial charge in [-0.1, -0.05) is 54.1 Å². The van der Waals surface area contributed by atoms with Crippen LogP contribution in [0, 0.1) is 6.92 Å². The van der Waals surface area contributed by atoms with E-state index < -0.39 is 11.7 Å². The summed E-state index contributed by atoms with van der Waals surface area (Å²) < 4.78 is 41.1. The van der Waals surface area contributed by atoms with Gasteiger partial charge >= 0.3 is 6.18 Å². The number of para-hydroxylation sites is 1. The molecule has 0 aliphatic carbocycles. The molecule has 0 bridgehead atoms. The van der Waals surface area contributed by atoms with E-state index >= 15 is 0 Å². The number of piperazine rings is 1. The molecule has 8 heteroatoms. The molecule has 0 saturated carbocycles. The molecule has 1 amide bonds. The first-order valence-corrected chi connectivity index (χ1v) is 11.7. The molecule has 4 aromatic rings. The van der Waals surface area contributed by atoms with Gasteiger partial charge < -0.3 is 9.80 Å². The maximum Gasteiger partial charge on any atom is 0.416 e. The van der Waals surface area contributed by atoms with Crippen molar-refractivity contribution in [3.63, 3.8) is 0 Å². The van der Waals surface area contributed by atoms with E-state index in [0.717, 1.165) is 28.9 Å². The molecule has 1 saturated heterocycles. The monoisotopic (exact) mass is 490 g/mol. The zero-order valence-corrected chi connectivity index (χ0v) is 19.7. The second-order valence-corrected chi connectivity index (χ2v) is 8.86. The number of hydrogen-bond donors (Lipinski definition) is 0. The topological polar surface area (TPSA) is 41.4 Å². The normalized spacial score (nSPS) is 14.2. The summed E-state index contributed by atoms with van der Waals surface area (Å²) in [4.78, 5) is 17.3. The second-order valence-electron chi connectivity index (χ2n) is 8.86. The fraction of sp³-hybridized carbons (Fsp3) is 0.214. The van der Waals surface area contributed by atoms with Gasteiger partial charge in [-0.05, 0) is 37.3 Å². The molecule has 0 N–H and O–H groups in total. The number of hydrogen-bond acceptors (Lipinski definition) is 3. The van der Waals surface area contributed by atoms with E-state index in [1.165, 1.54) is 6.07 Å². The Balaban J connectivity index is 1.39. The van der Waals surface area contributed by atoms with Crippen molar-refractivity contribution in [2.45, 2.75) is 13.1 Å². The lowest BCUT2D eigenvalue weighted by Gasteiger charge is -2.36. The van der Waals surface area contributed by atoms with Crippen molar-refractivity contribution < 1.29 is 18.0 Å². The van der Waals surface area contributed by atoms with Gasteiger partial charge in [-0.25, -0.2) is 4.68 Å². The van der Waals surface area contributed by atoms with E-state index in [9.17, 15) is 18.0 Å². The number of carbonyl (C=O) groups is 1. The average Bonchev–Trinajstić information content (AvgIpc) is 3.34. The zero-order valence-electron chi connectivity index (χ0n) is 19.7. The molecule has 3 aromatic carbocycles. The molecular weight excluding hydrogens is 465 g/mol. The van der Waals surface area contributed by atoms with Crippen LogP contribution in [0.2, 0.25) is 0 Å². The minimum Gasteiger partial charge on any atom is -0.368 e. The molecule has 5 rings (SSSR count). The smallest absolute Gasteiger partial charge is 0.368 e.